The summed E-state index contributed by atoms with van der Waals surface area (Å²) >= 11 is 6.20. The average Bonchev–Trinajstić information content (AvgIpc) is 2.75. The Balaban J connectivity index is 1.80. The molecule has 0 saturated heterocycles. The second-order valence-corrected chi connectivity index (χ2v) is 7.76. The number of rotatable bonds is 7. The Morgan fingerprint density at radius 3 is 2.55 bits per heavy atom. The first-order valence-corrected chi connectivity index (χ1v) is 10.2. The van der Waals surface area contributed by atoms with Gasteiger partial charge in [0, 0.05) is 17.3 Å². The van der Waals surface area contributed by atoms with E-state index in [1.54, 1.807) is 42.6 Å². The van der Waals surface area contributed by atoms with E-state index in [4.69, 9.17) is 16.3 Å². The Morgan fingerprint density at radius 2 is 1.84 bits per heavy atom. The van der Waals surface area contributed by atoms with Gasteiger partial charge in [-0.3, -0.25) is 9.59 Å². The highest BCUT2D eigenvalue weighted by Gasteiger charge is 2.25. The molecule has 0 spiro atoms. The molecule has 0 fully saturated rings. The van der Waals surface area contributed by atoms with Crippen molar-refractivity contribution < 1.29 is 9.53 Å². The summed E-state index contributed by atoms with van der Waals surface area (Å²) < 4.78 is 7.36. The Hall–Kier alpha value is -3.56. The Bertz CT molecular complexity index is 1180. The lowest BCUT2D eigenvalue weighted by molar-refractivity contribution is -0.124. The van der Waals surface area contributed by atoms with Crippen LogP contribution in [0, 0.1) is 17.2 Å². The number of halogens is 1. The number of pyridine rings is 1. The fourth-order valence-corrected chi connectivity index (χ4v) is 3.24. The number of carbonyl (C=O) groups is 1. The molecular weight excluding hydrogens is 414 g/mol. The lowest BCUT2D eigenvalue weighted by atomic mass is 10.1. The Kier molecular flexibility index (Phi) is 7.11. The van der Waals surface area contributed by atoms with Crippen LogP contribution in [-0.2, 0) is 11.3 Å². The minimum Gasteiger partial charge on any atom is -0.479 e. The van der Waals surface area contributed by atoms with Crippen molar-refractivity contribution in [3.8, 4) is 11.8 Å². The predicted molar refractivity (Wildman–Crippen MR) is 120 cm³/mol. The molecule has 1 unspecified atom stereocenters. The Morgan fingerprint density at radius 1 is 1.13 bits per heavy atom. The molecule has 1 aromatic heterocycles. The molecule has 1 heterocycles. The summed E-state index contributed by atoms with van der Waals surface area (Å²) in [7, 11) is 0. The number of ether oxygens (including phenoxy) is 1. The van der Waals surface area contributed by atoms with Gasteiger partial charge in [-0.2, -0.15) is 5.26 Å². The van der Waals surface area contributed by atoms with Gasteiger partial charge in [-0.25, -0.2) is 0 Å². The van der Waals surface area contributed by atoms with Crippen LogP contribution in [0.15, 0.2) is 71.7 Å². The van der Waals surface area contributed by atoms with Crippen molar-refractivity contribution >= 4 is 23.2 Å². The molecule has 3 rings (SSSR count). The van der Waals surface area contributed by atoms with Crippen molar-refractivity contribution in [1.29, 1.82) is 5.26 Å². The fourth-order valence-electron chi connectivity index (χ4n) is 3.04. The quantitative estimate of drug-likeness (QED) is 0.593. The van der Waals surface area contributed by atoms with Crippen LogP contribution in [0.2, 0.25) is 5.02 Å². The number of hydrogen-bond acceptors (Lipinski definition) is 4. The molecule has 1 atom stereocenters. The molecule has 0 saturated carbocycles. The first-order valence-electron chi connectivity index (χ1n) is 9.79. The lowest BCUT2D eigenvalue weighted by Gasteiger charge is -2.22. The molecule has 158 valence electrons. The third kappa shape index (κ3) is 5.53. The van der Waals surface area contributed by atoms with Crippen LogP contribution in [0.3, 0.4) is 0 Å². The molecule has 7 heteroatoms. The summed E-state index contributed by atoms with van der Waals surface area (Å²) in [6.45, 7) is 4.00. The second kappa shape index (κ2) is 9.96. The van der Waals surface area contributed by atoms with Gasteiger partial charge in [0.15, 0.2) is 6.10 Å². The largest absolute Gasteiger partial charge is 0.479 e. The molecule has 3 aromatic rings. The minimum atomic E-state index is -0.821. The first kappa shape index (κ1) is 22.1. The fraction of sp³-hybridized carbons (Fsp3) is 0.208. The summed E-state index contributed by atoms with van der Waals surface area (Å²) in [6, 6.07) is 19.0. The maximum Gasteiger partial charge on any atom is 0.265 e. The van der Waals surface area contributed by atoms with Crippen LogP contribution < -0.4 is 15.6 Å². The van der Waals surface area contributed by atoms with Crippen molar-refractivity contribution in [3.05, 3.63) is 93.4 Å². The third-order valence-electron chi connectivity index (χ3n) is 4.67. The number of aromatic nitrogens is 1. The van der Waals surface area contributed by atoms with Gasteiger partial charge in [-0.05, 0) is 35.7 Å². The van der Waals surface area contributed by atoms with E-state index >= 15 is 0 Å². The van der Waals surface area contributed by atoms with Gasteiger partial charge in [-0.15, -0.1) is 0 Å². The normalized spacial score (nSPS) is 11.6. The van der Waals surface area contributed by atoms with Crippen molar-refractivity contribution in [2.24, 2.45) is 5.92 Å². The smallest absolute Gasteiger partial charge is 0.265 e. The highest BCUT2D eigenvalue weighted by Crippen LogP contribution is 2.22. The maximum absolute atomic E-state index is 12.9. The zero-order chi connectivity index (χ0) is 22.4. The third-order valence-corrected chi connectivity index (χ3v) is 5.04. The number of amides is 1. The summed E-state index contributed by atoms with van der Waals surface area (Å²) in [4.78, 5) is 25.2. The summed E-state index contributed by atoms with van der Waals surface area (Å²) in [6.07, 6.45) is 0.753. The molecule has 0 bridgehead atoms. The van der Waals surface area contributed by atoms with Gasteiger partial charge in [0.25, 0.3) is 11.5 Å². The highest BCUT2D eigenvalue weighted by atomic mass is 35.5. The van der Waals surface area contributed by atoms with Crippen molar-refractivity contribution in [2.75, 3.05) is 5.32 Å². The van der Waals surface area contributed by atoms with Crippen molar-refractivity contribution in [2.45, 2.75) is 26.5 Å². The number of nitrogens with zero attached hydrogens (tertiary/aromatic N) is 2. The van der Waals surface area contributed by atoms with Gasteiger partial charge >= 0.3 is 0 Å². The topological polar surface area (TPSA) is 84.1 Å². The van der Waals surface area contributed by atoms with Crippen LogP contribution in [0.25, 0.3) is 0 Å². The molecule has 2 aromatic carbocycles. The molecule has 31 heavy (non-hydrogen) atoms. The van der Waals surface area contributed by atoms with Crippen molar-refractivity contribution in [3.63, 3.8) is 0 Å². The zero-order valence-corrected chi connectivity index (χ0v) is 18.0. The highest BCUT2D eigenvalue weighted by molar-refractivity contribution is 6.31. The van der Waals surface area contributed by atoms with E-state index in [2.05, 4.69) is 11.4 Å². The number of para-hydroxylation sites is 1. The SMILES string of the molecule is CC(C)C(Oc1ccccc1C#N)C(=O)Nc1ccc(=O)n(Cc2ccccc2Cl)c1. The van der Waals surface area contributed by atoms with Crippen LogP contribution in [0.1, 0.15) is 25.0 Å². The zero-order valence-electron chi connectivity index (χ0n) is 17.2. The van der Waals surface area contributed by atoms with Gasteiger partial charge in [-0.1, -0.05) is 55.8 Å². The van der Waals surface area contributed by atoms with E-state index in [-0.39, 0.29) is 23.9 Å². The molecular formula is C24H22ClN3O3. The van der Waals surface area contributed by atoms with E-state index in [0.717, 1.165) is 5.56 Å². The molecule has 0 radical (unpaired) electrons. The number of nitriles is 1. The standard InChI is InChI=1S/C24H22ClN3O3/c1-16(2)23(31-21-10-6-4-7-17(21)13-26)24(30)27-19-11-12-22(29)28(15-19)14-18-8-3-5-9-20(18)25/h3-12,15-16,23H,14H2,1-2H3,(H,27,30). The lowest BCUT2D eigenvalue weighted by Crippen LogP contribution is -2.37. The van der Waals surface area contributed by atoms with E-state index in [9.17, 15) is 14.9 Å². The number of benzene rings is 2. The van der Waals surface area contributed by atoms with E-state index < -0.39 is 6.10 Å². The van der Waals surface area contributed by atoms with Crippen molar-refractivity contribution in [1.82, 2.24) is 4.57 Å². The predicted octanol–water partition coefficient (Wildman–Crippen LogP) is 4.46. The monoisotopic (exact) mass is 435 g/mol. The number of nitrogens with one attached hydrogen (secondary N) is 1. The number of carbonyl (C=O) groups excluding carboxylic acids is 1. The molecule has 1 N–H and O–H groups in total. The van der Waals surface area contributed by atoms with Crippen LogP contribution in [0.5, 0.6) is 5.75 Å². The molecule has 0 aliphatic rings. The van der Waals surface area contributed by atoms with Crippen LogP contribution in [-0.4, -0.2) is 16.6 Å². The summed E-state index contributed by atoms with van der Waals surface area (Å²) in [5.41, 5.74) is 1.40. The molecule has 0 aliphatic carbocycles. The molecule has 0 aliphatic heterocycles. The summed E-state index contributed by atoms with van der Waals surface area (Å²) in [5, 5.41) is 12.6. The van der Waals surface area contributed by atoms with Gasteiger partial charge in [0.05, 0.1) is 17.8 Å². The number of hydrogen-bond donors (Lipinski definition) is 1. The van der Waals surface area contributed by atoms with E-state index in [0.29, 0.717) is 22.0 Å². The van der Waals surface area contributed by atoms with Crippen LogP contribution >= 0.6 is 11.6 Å². The molecule has 6 nitrogen and oxygen atoms in total. The van der Waals surface area contributed by atoms with Gasteiger partial charge < -0.3 is 14.6 Å². The second-order valence-electron chi connectivity index (χ2n) is 7.36. The van der Waals surface area contributed by atoms with Crippen LogP contribution in [0.4, 0.5) is 5.69 Å². The minimum absolute atomic E-state index is 0.152. The van der Waals surface area contributed by atoms with E-state index in [1.165, 1.54) is 10.6 Å². The average molecular weight is 436 g/mol. The van der Waals surface area contributed by atoms with E-state index in [1.807, 2.05) is 32.0 Å². The van der Waals surface area contributed by atoms with Gasteiger partial charge in [0.1, 0.15) is 11.8 Å². The first-order chi connectivity index (χ1) is 14.9. The maximum atomic E-state index is 12.9. The summed E-state index contributed by atoms with van der Waals surface area (Å²) in [5.74, 6) is -0.172. The van der Waals surface area contributed by atoms with Gasteiger partial charge in [0.2, 0.25) is 0 Å². The molecule has 1 amide bonds. The Labute approximate surface area is 185 Å². The number of anilines is 1.